The fraction of sp³-hybridized carbons (Fsp3) is 0.476. The number of methoxy groups -OCH3 is 1. The second kappa shape index (κ2) is 8.90. The molecule has 140 valence electrons. The smallest absolute Gasteiger partial charge is 0.255 e. The van der Waals surface area contributed by atoms with Gasteiger partial charge in [-0.3, -0.25) is 4.79 Å². The predicted molar refractivity (Wildman–Crippen MR) is 104 cm³/mol. The van der Waals surface area contributed by atoms with E-state index in [-0.39, 0.29) is 5.91 Å². The summed E-state index contributed by atoms with van der Waals surface area (Å²) < 4.78 is 5.22. The fourth-order valence-corrected chi connectivity index (χ4v) is 3.73. The normalized spacial score (nSPS) is 17.8. The van der Waals surface area contributed by atoms with Gasteiger partial charge < -0.3 is 19.5 Å². The topological polar surface area (TPSA) is 48.6 Å². The number of ether oxygens (including phenoxy) is 1. The van der Waals surface area contributed by atoms with Crippen molar-refractivity contribution in [2.45, 2.75) is 19.3 Å². The summed E-state index contributed by atoms with van der Waals surface area (Å²) in [5.41, 5.74) is 2.08. The van der Waals surface area contributed by atoms with Crippen LogP contribution in [0.1, 0.15) is 28.8 Å². The molecule has 1 fully saturated rings. The van der Waals surface area contributed by atoms with E-state index in [1.54, 1.807) is 19.5 Å². The van der Waals surface area contributed by atoms with E-state index in [0.717, 1.165) is 43.9 Å². The number of rotatable bonds is 7. The van der Waals surface area contributed by atoms with Crippen molar-refractivity contribution >= 4 is 5.91 Å². The molecule has 0 aliphatic carbocycles. The van der Waals surface area contributed by atoms with Crippen molar-refractivity contribution in [2.75, 3.05) is 40.3 Å². The first-order chi connectivity index (χ1) is 12.7. The number of carbonyl (C=O) groups is 1. The molecule has 5 heteroatoms. The Morgan fingerprint density at radius 2 is 2.12 bits per heavy atom. The van der Waals surface area contributed by atoms with Crippen molar-refractivity contribution in [3.05, 3.63) is 53.9 Å². The van der Waals surface area contributed by atoms with E-state index < -0.39 is 0 Å². The standard InChI is InChI=1S/C21H29N3O2/c1-23(21(25)19-9-11-22-14-19)15-18-4-3-12-24(16-18)13-10-17-5-7-20(26-2)8-6-17/h5-9,11,14,18,22H,3-4,10,12-13,15-16H2,1-2H3/t18-/m0/s1. The minimum atomic E-state index is 0.0987. The third-order valence-corrected chi connectivity index (χ3v) is 5.20. The van der Waals surface area contributed by atoms with Gasteiger partial charge in [0.2, 0.25) is 0 Å². The fourth-order valence-electron chi connectivity index (χ4n) is 3.73. The van der Waals surface area contributed by atoms with Gasteiger partial charge in [-0.2, -0.15) is 0 Å². The lowest BCUT2D eigenvalue weighted by Gasteiger charge is -2.34. The second-order valence-electron chi connectivity index (χ2n) is 7.19. The number of nitrogens with zero attached hydrogens (tertiary/aromatic N) is 2. The molecule has 3 rings (SSSR count). The molecule has 0 saturated carbocycles. The number of hydrogen-bond acceptors (Lipinski definition) is 3. The number of aromatic amines is 1. The molecule has 0 radical (unpaired) electrons. The number of nitrogens with one attached hydrogen (secondary N) is 1. The Balaban J connectivity index is 1.46. The number of likely N-dealkylation sites (tertiary alicyclic amines) is 1. The number of hydrogen-bond donors (Lipinski definition) is 1. The van der Waals surface area contributed by atoms with Gasteiger partial charge in [-0.05, 0) is 55.5 Å². The van der Waals surface area contributed by atoms with Crippen LogP contribution in [0.5, 0.6) is 5.75 Å². The van der Waals surface area contributed by atoms with Gasteiger partial charge in [-0.1, -0.05) is 12.1 Å². The molecule has 2 aromatic rings. The van der Waals surface area contributed by atoms with Gasteiger partial charge in [0.1, 0.15) is 5.75 Å². The van der Waals surface area contributed by atoms with Crippen molar-refractivity contribution in [3.63, 3.8) is 0 Å². The minimum Gasteiger partial charge on any atom is -0.497 e. The summed E-state index contributed by atoms with van der Waals surface area (Å²) in [6, 6.07) is 10.2. The number of H-pyrrole nitrogens is 1. The van der Waals surface area contributed by atoms with Crippen molar-refractivity contribution in [1.29, 1.82) is 0 Å². The average Bonchev–Trinajstić information content (AvgIpc) is 3.21. The molecule has 0 unspecified atom stereocenters. The number of carbonyl (C=O) groups excluding carboxylic acids is 1. The molecule has 0 spiro atoms. The Labute approximate surface area is 156 Å². The van der Waals surface area contributed by atoms with E-state index in [1.807, 2.05) is 30.1 Å². The highest BCUT2D eigenvalue weighted by atomic mass is 16.5. The molecule has 1 aliphatic heterocycles. The lowest BCUT2D eigenvalue weighted by Crippen LogP contribution is -2.42. The van der Waals surface area contributed by atoms with Crippen LogP contribution in [-0.2, 0) is 6.42 Å². The molecule has 26 heavy (non-hydrogen) atoms. The summed E-state index contributed by atoms with van der Waals surface area (Å²) in [4.78, 5) is 19.8. The van der Waals surface area contributed by atoms with Gasteiger partial charge >= 0.3 is 0 Å². The summed E-state index contributed by atoms with van der Waals surface area (Å²) in [6.45, 7) is 4.12. The van der Waals surface area contributed by atoms with E-state index >= 15 is 0 Å². The van der Waals surface area contributed by atoms with E-state index in [4.69, 9.17) is 4.74 Å². The van der Waals surface area contributed by atoms with Gasteiger partial charge in [0, 0.05) is 39.1 Å². The minimum absolute atomic E-state index is 0.0987. The van der Waals surface area contributed by atoms with Gasteiger partial charge in [-0.15, -0.1) is 0 Å². The van der Waals surface area contributed by atoms with Crippen molar-refractivity contribution < 1.29 is 9.53 Å². The Hall–Kier alpha value is -2.27. The molecular formula is C21H29N3O2. The summed E-state index contributed by atoms with van der Waals surface area (Å²) in [7, 11) is 3.60. The van der Waals surface area contributed by atoms with Crippen LogP contribution >= 0.6 is 0 Å². The zero-order chi connectivity index (χ0) is 18.4. The predicted octanol–water partition coefficient (Wildman–Crippen LogP) is 3.05. The Kier molecular flexibility index (Phi) is 6.34. The van der Waals surface area contributed by atoms with E-state index in [0.29, 0.717) is 5.92 Å². The van der Waals surface area contributed by atoms with Crippen LogP contribution in [-0.4, -0.2) is 61.0 Å². The maximum Gasteiger partial charge on any atom is 0.255 e. The van der Waals surface area contributed by atoms with Crippen LogP contribution in [0.15, 0.2) is 42.7 Å². The highest BCUT2D eigenvalue weighted by Crippen LogP contribution is 2.19. The maximum atomic E-state index is 12.4. The summed E-state index contributed by atoms with van der Waals surface area (Å²) >= 11 is 0. The molecule has 5 nitrogen and oxygen atoms in total. The molecule has 1 aromatic carbocycles. The first-order valence-electron chi connectivity index (χ1n) is 9.39. The van der Waals surface area contributed by atoms with Crippen molar-refractivity contribution in [2.24, 2.45) is 5.92 Å². The van der Waals surface area contributed by atoms with Gasteiger partial charge in [0.25, 0.3) is 5.91 Å². The van der Waals surface area contributed by atoms with Crippen LogP contribution in [0.4, 0.5) is 0 Å². The zero-order valence-corrected chi connectivity index (χ0v) is 15.8. The van der Waals surface area contributed by atoms with Crippen molar-refractivity contribution in [1.82, 2.24) is 14.8 Å². The monoisotopic (exact) mass is 355 g/mol. The van der Waals surface area contributed by atoms with Crippen molar-refractivity contribution in [3.8, 4) is 5.75 Å². The van der Waals surface area contributed by atoms with Gasteiger partial charge in [0.05, 0.1) is 12.7 Å². The van der Waals surface area contributed by atoms with Crippen LogP contribution in [0, 0.1) is 5.92 Å². The number of benzene rings is 1. The first-order valence-corrected chi connectivity index (χ1v) is 9.39. The Morgan fingerprint density at radius 3 is 2.81 bits per heavy atom. The summed E-state index contributed by atoms with van der Waals surface area (Å²) in [6.07, 6.45) is 7.02. The lowest BCUT2D eigenvalue weighted by molar-refractivity contribution is 0.0730. The Morgan fingerprint density at radius 1 is 1.31 bits per heavy atom. The Bertz CT molecular complexity index is 682. The molecular weight excluding hydrogens is 326 g/mol. The highest BCUT2D eigenvalue weighted by molar-refractivity contribution is 5.93. The molecule has 1 aromatic heterocycles. The van der Waals surface area contributed by atoms with E-state index in [1.165, 1.54) is 18.4 Å². The number of piperidine rings is 1. The molecule has 1 saturated heterocycles. The van der Waals surface area contributed by atoms with Gasteiger partial charge in [-0.25, -0.2) is 0 Å². The number of amides is 1. The summed E-state index contributed by atoms with van der Waals surface area (Å²) in [5, 5.41) is 0. The molecule has 1 amide bonds. The zero-order valence-electron chi connectivity index (χ0n) is 15.8. The van der Waals surface area contributed by atoms with E-state index in [9.17, 15) is 4.79 Å². The second-order valence-corrected chi connectivity index (χ2v) is 7.19. The third kappa shape index (κ3) is 4.88. The SMILES string of the molecule is COc1ccc(CCN2CCC[C@@H](CN(C)C(=O)c3cc[nH]c3)C2)cc1. The van der Waals surface area contributed by atoms with E-state index in [2.05, 4.69) is 22.0 Å². The maximum absolute atomic E-state index is 12.4. The molecule has 1 aliphatic rings. The first kappa shape index (κ1) is 18.5. The van der Waals surface area contributed by atoms with Crippen LogP contribution < -0.4 is 4.74 Å². The highest BCUT2D eigenvalue weighted by Gasteiger charge is 2.23. The van der Waals surface area contributed by atoms with Crippen LogP contribution in [0.2, 0.25) is 0 Å². The van der Waals surface area contributed by atoms with Gasteiger partial charge in [0.15, 0.2) is 0 Å². The molecule has 1 N–H and O–H groups in total. The number of aromatic nitrogens is 1. The molecule has 2 heterocycles. The van der Waals surface area contributed by atoms with Crippen LogP contribution in [0.25, 0.3) is 0 Å². The summed E-state index contributed by atoms with van der Waals surface area (Å²) in [5.74, 6) is 1.55. The molecule has 1 atom stereocenters. The largest absolute Gasteiger partial charge is 0.497 e. The quantitative estimate of drug-likeness (QED) is 0.830. The third-order valence-electron chi connectivity index (χ3n) is 5.20. The van der Waals surface area contributed by atoms with Crippen LogP contribution in [0.3, 0.4) is 0 Å². The average molecular weight is 355 g/mol. The molecule has 0 bridgehead atoms. The lowest BCUT2D eigenvalue weighted by atomic mass is 9.97.